The van der Waals surface area contributed by atoms with Gasteiger partial charge in [-0.3, -0.25) is 9.69 Å². The van der Waals surface area contributed by atoms with Crippen LogP contribution in [0.25, 0.3) is 0 Å². The van der Waals surface area contributed by atoms with E-state index in [9.17, 15) is 4.79 Å². The number of hydrogen-bond acceptors (Lipinski definition) is 5. The van der Waals surface area contributed by atoms with Gasteiger partial charge in [0, 0.05) is 24.5 Å². The summed E-state index contributed by atoms with van der Waals surface area (Å²) >= 11 is 0. The van der Waals surface area contributed by atoms with E-state index in [-0.39, 0.29) is 5.91 Å². The van der Waals surface area contributed by atoms with Crippen molar-refractivity contribution in [3.63, 3.8) is 0 Å². The number of benzene rings is 3. The summed E-state index contributed by atoms with van der Waals surface area (Å²) in [6, 6.07) is 29.0. The van der Waals surface area contributed by atoms with Gasteiger partial charge in [-0.2, -0.15) is 0 Å². The van der Waals surface area contributed by atoms with E-state index in [1.807, 2.05) is 30.3 Å². The van der Waals surface area contributed by atoms with Crippen molar-refractivity contribution in [2.45, 2.75) is 31.0 Å². The molecule has 34 heavy (non-hydrogen) atoms. The number of nitrogens with zero attached hydrogens (tertiary/aromatic N) is 3. The molecule has 1 spiro atoms. The smallest absolute Gasteiger partial charge is 0.247 e. The van der Waals surface area contributed by atoms with Gasteiger partial charge in [-0.25, -0.2) is 0 Å². The minimum Gasteiger partial charge on any atom is -0.469 e. The van der Waals surface area contributed by atoms with Crippen LogP contribution in [0.5, 0.6) is 5.75 Å². The van der Waals surface area contributed by atoms with Gasteiger partial charge in [0.1, 0.15) is 11.3 Å². The molecule has 0 bridgehead atoms. The summed E-state index contributed by atoms with van der Waals surface area (Å²) in [5.74, 6) is 1.03. The Balaban J connectivity index is 1.27. The van der Waals surface area contributed by atoms with Gasteiger partial charge in [0.15, 0.2) is 5.72 Å². The molecule has 6 nitrogen and oxygen atoms in total. The third-order valence-electron chi connectivity index (χ3n) is 7.67. The largest absolute Gasteiger partial charge is 0.469 e. The van der Waals surface area contributed by atoms with Crippen LogP contribution in [-0.4, -0.2) is 48.4 Å². The number of rotatable bonds is 3. The molecular weight excluding hydrogens is 424 g/mol. The zero-order valence-corrected chi connectivity index (χ0v) is 19.5. The predicted molar refractivity (Wildman–Crippen MR) is 134 cm³/mol. The van der Waals surface area contributed by atoms with Crippen molar-refractivity contribution >= 4 is 23.0 Å². The summed E-state index contributed by atoms with van der Waals surface area (Å²) < 4.78 is 6.67. The van der Waals surface area contributed by atoms with Crippen molar-refractivity contribution in [2.24, 2.45) is 0 Å². The number of hydrogen-bond donors (Lipinski definition) is 1. The second-order valence-electron chi connectivity index (χ2n) is 9.61. The quantitative estimate of drug-likeness (QED) is 0.637. The molecule has 3 aliphatic heterocycles. The predicted octanol–water partition coefficient (Wildman–Crippen LogP) is 4.36. The fourth-order valence-electron chi connectivity index (χ4n) is 5.80. The SMILES string of the molecule is CC1(N2CCC3(CC2)C(=O)NCN3c2ccccc2)CN(c2ccccc2)c2ccccc2O1. The minimum absolute atomic E-state index is 0.141. The standard InChI is InChI=1S/C28H30N4O2/c1-27(20-31(22-10-4-2-5-11-22)24-14-8-9-15-25(24)34-27)30-18-16-28(17-19-30)26(33)29-21-32(28)23-12-6-3-7-13-23/h2-15H,16-21H2,1H3,(H,29,33). The minimum atomic E-state index is -0.502. The van der Waals surface area contributed by atoms with E-state index >= 15 is 0 Å². The van der Waals surface area contributed by atoms with Gasteiger partial charge in [0.05, 0.1) is 18.9 Å². The molecule has 0 radical (unpaired) electrons. The molecule has 2 saturated heterocycles. The summed E-state index contributed by atoms with van der Waals surface area (Å²) in [5, 5.41) is 3.10. The normalized spacial score (nSPS) is 24.0. The molecule has 1 amide bonds. The highest BCUT2D eigenvalue weighted by Crippen LogP contribution is 2.44. The molecule has 3 aliphatic rings. The third-order valence-corrected chi connectivity index (χ3v) is 7.67. The number of carbonyl (C=O) groups is 1. The second kappa shape index (κ2) is 8.06. The van der Waals surface area contributed by atoms with E-state index < -0.39 is 11.3 Å². The van der Waals surface area contributed by atoms with Gasteiger partial charge in [-0.1, -0.05) is 48.5 Å². The average molecular weight is 455 g/mol. The topological polar surface area (TPSA) is 48.1 Å². The Bertz CT molecular complexity index is 1180. The molecule has 0 aliphatic carbocycles. The Kier molecular flexibility index (Phi) is 4.99. The van der Waals surface area contributed by atoms with Crippen molar-refractivity contribution in [2.75, 3.05) is 36.1 Å². The van der Waals surface area contributed by atoms with Crippen LogP contribution in [0.1, 0.15) is 19.8 Å². The first kappa shape index (κ1) is 21.1. The van der Waals surface area contributed by atoms with E-state index in [0.717, 1.165) is 55.3 Å². The number of nitrogens with one attached hydrogen (secondary N) is 1. The lowest BCUT2D eigenvalue weighted by atomic mass is 9.84. The van der Waals surface area contributed by atoms with Gasteiger partial charge < -0.3 is 19.9 Å². The van der Waals surface area contributed by atoms with Crippen LogP contribution in [0, 0.1) is 0 Å². The van der Waals surface area contributed by atoms with Crippen molar-refractivity contribution in [1.29, 1.82) is 0 Å². The summed E-state index contributed by atoms with van der Waals surface area (Å²) in [5.41, 5.74) is 2.34. The third kappa shape index (κ3) is 3.32. The number of fused-ring (bicyclic) bond motifs is 1. The Labute approximate surface area is 200 Å². The van der Waals surface area contributed by atoms with E-state index in [1.54, 1.807) is 0 Å². The van der Waals surface area contributed by atoms with Crippen LogP contribution < -0.4 is 19.9 Å². The van der Waals surface area contributed by atoms with Crippen LogP contribution in [0.3, 0.4) is 0 Å². The molecule has 0 aromatic heterocycles. The molecule has 6 heteroatoms. The van der Waals surface area contributed by atoms with Gasteiger partial charge in [-0.05, 0) is 56.2 Å². The fourth-order valence-corrected chi connectivity index (χ4v) is 5.80. The van der Waals surface area contributed by atoms with Crippen molar-refractivity contribution < 1.29 is 9.53 Å². The number of anilines is 3. The molecule has 1 N–H and O–H groups in total. The molecule has 2 fully saturated rings. The number of carbonyl (C=O) groups excluding carboxylic acids is 1. The van der Waals surface area contributed by atoms with Crippen LogP contribution in [-0.2, 0) is 4.79 Å². The van der Waals surface area contributed by atoms with Crippen LogP contribution in [0.4, 0.5) is 17.1 Å². The fraction of sp³-hybridized carbons (Fsp3) is 0.321. The second-order valence-corrected chi connectivity index (χ2v) is 9.61. The molecule has 3 heterocycles. The van der Waals surface area contributed by atoms with E-state index in [0.29, 0.717) is 6.67 Å². The first-order valence-corrected chi connectivity index (χ1v) is 12.1. The van der Waals surface area contributed by atoms with Crippen LogP contribution in [0.2, 0.25) is 0 Å². The molecular formula is C28H30N4O2. The maximum atomic E-state index is 13.1. The highest BCUT2D eigenvalue weighted by molar-refractivity contribution is 5.93. The zero-order chi connectivity index (χ0) is 23.2. The number of amides is 1. The Morgan fingerprint density at radius 1 is 0.824 bits per heavy atom. The monoisotopic (exact) mass is 454 g/mol. The van der Waals surface area contributed by atoms with E-state index in [2.05, 4.69) is 81.5 Å². The van der Waals surface area contributed by atoms with E-state index in [4.69, 9.17) is 4.74 Å². The highest BCUT2D eigenvalue weighted by atomic mass is 16.5. The first-order chi connectivity index (χ1) is 16.6. The summed E-state index contributed by atoms with van der Waals surface area (Å²) in [6.45, 7) is 5.04. The lowest BCUT2D eigenvalue weighted by Gasteiger charge is -2.52. The molecule has 6 rings (SSSR count). The van der Waals surface area contributed by atoms with Crippen molar-refractivity contribution in [1.82, 2.24) is 10.2 Å². The average Bonchev–Trinajstić information content (AvgIpc) is 3.20. The van der Waals surface area contributed by atoms with Gasteiger partial charge in [0.2, 0.25) is 5.91 Å². The molecule has 174 valence electrons. The number of para-hydroxylation sites is 4. The van der Waals surface area contributed by atoms with Gasteiger partial charge >= 0.3 is 0 Å². The lowest BCUT2D eigenvalue weighted by Crippen LogP contribution is -2.65. The highest BCUT2D eigenvalue weighted by Gasteiger charge is 2.53. The summed E-state index contributed by atoms with van der Waals surface area (Å²) in [7, 11) is 0. The Morgan fingerprint density at radius 2 is 1.44 bits per heavy atom. The molecule has 0 saturated carbocycles. The van der Waals surface area contributed by atoms with E-state index in [1.165, 1.54) is 0 Å². The number of likely N-dealkylation sites (tertiary alicyclic amines) is 1. The maximum Gasteiger partial charge on any atom is 0.247 e. The number of piperidine rings is 1. The van der Waals surface area contributed by atoms with Crippen LogP contribution >= 0.6 is 0 Å². The molecule has 3 aromatic carbocycles. The molecule has 3 aromatic rings. The summed E-state index contributed by atoms with van der Waals surface area (Å²) in [6.07, 6.45) is 1.53. The maximum absolute atomic E-state index is 13.1. The first-order valence-electron chi connectivity index (χ1n) is 12.1. The molecule has 1 atom stereocenters. The summed E-state index contributed by atoms with van der Waals surface area (Å²) in [4.78, 5) is 20.1. The Hall–Kier alpha value is -3.51. The lowest BCUT2D eigenvalue weighted by molar-refractivity contribution is -0.129. The van der Waals surface area contributed by atoms with Crippen molar-refractivity contribution in [3.05, 3.63) is 84.9 Å². The van der Waals surface area contributed by atoms with Gasteiger partial charge in [0.25, 0.3) is 0 Å². The number of ether oxygens (including phenoxy) is 1. The van der Waals surface area contributed by atoms with Gasteiger partial charge in [-0.15, -0.1) is 0 Å². The molecule has 1 unspecified atom stereocenters. The Morgan fingerprint density at radius 3 is 2.15 bits per heavy atom. The van der Waals surface area contributed by atoms with Crippen molar-refractivity contribution in [3.8, 4) is 5.75 Å². The zero-order valence-electron chi connectivity index (χ0n) is 19.5. The van der Waals surface area contributed by atoms with Crippen LogP contribution in [0.15, 0.2) is 84.9 Å².